The number of benzene rings is 2. The van der Waals surface area contributed by atoms with Gasteiger partial charge in [-0.25, -0.2) is 0 Å². The maximum Gasteiger partial charge on any atom is 0.271 e. The summed E-state index contributed by atoms with van der Waals surface area (Å²) in [6, 6.07) is 15.5. The van der Waals surface area contributed by atoms with Gasteiger partial charge in [-0.15, -0.1) is 0 Å². The Hall–Kier alpha value is -2.34. The summed E-state index contributed by atoms with van der Waals surface area (Å²) in [5, 5.41) is 1.58. The van der Waals surface area contributed by atoms with Gasteiger partial charge in [-0.05, 0) is 23.8 Å². The summed E-state index contributed by atoms with van der Waals surface area (Å²) in [7, 11) is 0. The molecular weight excluding hydrogens is 350 g/mol. The number of nitrogens with one attached hydrogen (secondary N) is 1. The molecule has 0 aliphatic carbocycles. The topological polar surface area (TPSA) is 71.3 Å². The third-order valence-corrected chi connectivity index (χ3v) is 4.96. The maximum atomic E-state index is 13.3. The molecule has 1 atom stereocenters. The minimum atomic E-state index is -0.119. The van der Waals surface area contributed by atoms with Gasteiger partial charge in [0.05, 0.1) is 12.7 Å². The van der Waals surface area contributed by atoms with Crippen LogP contribution in [0.2, 0.25) is 5.02 Å². The zero-order valence-electron chi connectivity index (χ0n) is 14.2. The first-order valence-corrected chi connectivity index (χ1v) is 9.02. The van der Waals surface area contributed by atoms with Crippen molar-refractivity contribution in [1.82, 2.24) is 9.88 Å². The normalized spacial score (nSPS) is 17.6. The van der Waals surface area contributed by atoms with Crippen LogP contribution in [0.25, 0.3) is 22.0 Å². The second-order valence-electron chi connectivity index (χ2n) is 6.41. The molecule has 0 unspecified atom stereocenters. The largest absolute Gasteiger partial charge is 0.373 e. The van der Waals surface area contributed by atoms with Gasteiger partial charge in [0.2, 0.25) is 0 Å². The Morgan fingerprint density at radius 2 is 2.08 bits per heavy atom. The molecule has 2 heterocycles. The van der Waals surface area contributed by atoms with E-state index >= 15 is 0 Å². The van der Waals surface area contributed by atoms with Crippen LogP contribution in [0.5, 0.6) is 0 Å². The molecule has 1 saturated heterocycles. The van der Waals surface area contributed by atoms with E-state index in [9.17, 15) is 4.79 Å². The number of amides is 1. The first-order valence-electron chi connectivity index (χ1n) is 8.65. The van der Waals surface area contributed by atoms with E-state index in [1.165, 1.54) is 0 Å². The Bertz CT molecular complexity index is 939. The minimum absolute atomic E-state index is 0.0436. The monoisotopic (exact) mass is 369 g/mol. The van der Waals surface area contributed by atoms with Crippen LogP contribution in [-0.2, 0) is 4.74 Å². The van der Waals surface area contributed by atoms with E-state index in [1.807, 2.05) is 48.5 Å². The number of carbonyl (C=O) groups is 1. The second kappa shape index (κ2) is 7.11. The number of ether oxygens (including phenoxy) is 1. The Labute approximate surface area is 156 Å². The van der Waals surface area contributed by atoms with Crippen molar-refractivity contribution in [2.24, 2.45) is 5.73 Å². The molecule has 4 rings (SSSR count). The molecule has 1 aliphatic rings. The maximum absolute atomic E-state index is 13.3. The average molecular weight is 370 g/mol. The molecule has 3 aromatic rings. The van der Waals surface area contributed by atoms with Crippen LogP contribution >= 0.6 is 11.6 Å². The van der Waals surface area contributed by atoms with E-state index < -0.39 is 0 Å². The predicted octanol–water partition coefficient (Wildman–Crippen LogP) is 3.29. The third-order valence-electron chi connectivity index (χ3n) is 4.73. The van der Waals surface area contributed by atoms with Gasteiger partial charge in [0.1, 0.15) is 5.69 Å². The Morgan fingerprint density at radius 3 is 2.85 bits per heavy atom. The molecule has 1 aliphatic heterocycles. The van der Waals surface area contributed by atoms with Gasteiger partial charge in [0, 0.05) is 41.1 Å². The summed E-state index contributed by atoms with van der Waals surface area (Å²) >= 11 is 6.21. The zero-order chi connectivity index (χ0) is 18.1. The number of halogens is 1. The van der Waals surface area contributed by atoms with Crippen molar-refractivity contribution >= 4 is 28.4 Å². The van der Waals surface area contributed by atoms with Gasteiger partial charge < -0.3 is 20.4 Å². The number of fused-ring (bicyclic) bond motifs is 1. The molecule has 0 saturated carbocycles. The van der Waals surface area contributed by atoms with Crippen molar-refractivity contribution in [3.8, 4) is 11.1 Å². The van der Waals surface area contributed by atoms with Crippen LogP contribution in [-0.4, -0.2) is 48.1 Å². The van der Waals surface area contributed by atoms with Crippen LogP contribution in [0.15, 0.2) is 48.5 Å². The highest BCUT2D eigenvalue weighted by atomic mass is 35.5. The van der Waals surface area contributed by atoms with Gasteiger partial charge in [-0.2, -0.15) is 0 Å². The van der Waals surface area contributed by atoms with E-state index in [4.69, 9.17) is 22.1 Å². The van der Waals surface area contributed by atoms with Crippen molar-refractivity contribution < 1.29 is 9.53 Å². The third kappa shape index (κ3) is 3.09. The van der Waals surface area contributed by atoms with Gasteiger partial charge in [-0.3, -0.25) is 4.79 Å². The second-order valence-corrected chi connectivity index (χ2v) is 6.85. The minimum Gasteiger partial charge on any atom is -0.373 e. The molecule has 0 bridgehead atoms. The van der Waals surface area contributed by atoms with Crippen molar-refractivity contribution in [1.29, 1.82) is 0 Å². The number of rotatable bonds is 3. The fraction of sp³-hybridized carbons (Fsp3) is 0.250. The molecule has 2 aromatic carbocycles. The summed E-state index contributed by atoms with van der Waals surface area (Å²) < 4.78 is 5.59. The molecule has 1 fully saturated rings. The fourth-order valence-electron chi connectivity index (χ4n) is 3.43. The van der Waals surface area contributed by atoms with Crippen LogP contribution in [0, 0.1) is 0 Å². The summed E-state index contributed by atoms with van der Waals surface area (Å²) in [5.74, 6) is -0.0436. The molecule has 134 valence electrons. The zero-order valence-corrected chi connectivity index (χ0v) is 15.0. The number of morpholine rings is 1. The summed E-state index contributed by atoms with van der Waals surface area (Å²) in [4.78, 5) is 18.4. The lowest BCUT2D eigenvalue weighted by Gasteiger charge is -2.32. The van der Waals surface area contributed by atoms with Crippen molar-refractivity contribution in [3.63, 3.8) is 0 Å². The molecule has 6 heteroatoms. The Kier molecular flexibility index (Phi) is 4.68. The van der Waals surface area contributed by atoms with E-state index in [0.717, 1.165) is 22.0 Å². The van der Waals surface area contributed by atoms with Crippen molar-refractivity contribution in [2.75, 3.05) is 26.2 Å². The van der Waals surface area contributed by atoms with Gasteiger partial charge in [0.15, 0.2) is 0 Å². The van der Waals surface area contributed by atoms with E-state index in [2.05, 4.69) is 4.98 Å². The Morgan fingerprint density at radius 1 is 1.27 bits per heavy atom. The number of aromatic nitrogens is 1. The van der Waals surface area contributed by atoms with Crippen molar-refractivity contribution in [3.05, 3.63) is 59.2 Å². The van der Waals surface area contributed by atoms with Crippen LogP contribution in [0.1, 0.15) is 10.5 Å². The highest BCUT2D eigenvalue weighted by Gasteiger charge is 2.28. The number of H-pyrrole nitrogens is 1. The number of hydrogen-bond donors (Lipinski definition) is 2. The number of nitrogens with two attached hydrogens (primary N) is 1. The molecular formula is C20H20ClN3O2. The molecule has 26 heavy (non-hydrogen) atoms. The average Bonchev–Trinajstić information content (AvgIpc) is 3.06. The lowest BCUT2D eigenvalue weighted by Crippen LogP contribution is -2.48. The SMILES string of the molecule is NC[C@@H]1CN(C(=O)c2[nH]c3ccc(Cl)cc3c2-c2ccccc2)CCO1. The lowest BCUT2D eigenvalue weighted by atomic mass is 10.0. The van der Waals surface area contributed by atoms with E-state index in [1.54, 1.807) is 4.90 Å². The predicted molar refractivity (Wildman–Crippen MR) is 103 cm³/mol. The first kappa shape index (κ1) is 17.1. The number of aromatic amines is 1. The molecule has 1 amide bonds. The summed E-state index contributed by atoms with van der Waals surface area (Å²) in [6.07, 6.45) is -0.119. The lowest BCUT2D eigenvalue weighted by molar-refractivity contribution is -0.0168. The van der Waals surface area contributed by atoms with Crippen molar-refractivity contribution in [2.45, 2.75) is 6.10 Å². The molecule has 3 N–H and O–H groups in total. The van der Waals surface area contributed by atoms with Crippen LogP contribution < -0.4 is 5.73 Å². The standard InChI is InChI=1S/C20H20ClN3O2/c21-14-6-7-17-16(10-14)18(13-4-2-1-3-5-13)19(23-17)20(25)24-8-9-26-15(11-22)12-24/h1-7,10,15,23H,8-9,11-12,22H2/t15-/m1/s1. The molecule has 1 aromatic heterocycles. The van der Waals surface area contributed by atoms with Gasteiger partial charge >= 0.3 is 0 Å². The molecule has 0 spiro atoms. The molecule has 0 radical (unpaired) electrons. The fourth-order valence-corrected chi connectivity index (χ4v) is 3.61. The van der Waals surface area contributed by atoms with E-state index in [-0.39, 0.29) is 12.0 Å². The number of hydrogen-bond acceptors (Lipinski definition) is 3. The smallest absolute Gasteiger partial charge is 0.271 e. The van der Waals surface area contributed by atoms with Gasteiger partial charge in [0.25, 0.3) is 5.91 Å². The highest BCUT2D eigenvalue weighted by molar-refractivity contribution is 6.31. The summed E-state index contributed by atoms with van der Waals surface area (Å²) in [5.41, 5.74) is 9.04. The van der Waals surface area contributed by atoms with Crippen LogP contribution in [0.3, 0.4) is 0 Å². The van der Waals surface area contributed by atoms with Crippen LogP contribution in [0.4, 0.5) is 0 Å². The highest BCUT2D eigenvalue weighted by Crippen LogP contribution is 2.34. The number of nitrogens with zero attached hydrogens (tertiary/aromatic N) is 1. The summed E-state index contributed by atoms with van der Waals surface area (Å²) in [6.45, 7) is 1.96. The van der Waals surface area contributed by atoms with E-state index in [0.29, 0.717) is 37.0 Å². The quantitative estimate of drug-likeness (QED) is 0.744. The molecule has 5 nitrogen and oxygen atoms in total. The number of carbonyl (C=O) groups excluding carboxylic acids is 1. The Balaban J connectivity index is 1.83. The first-order chi connectivity index (χ1) is 12.7. The van der Waals surface area contributed by atoms with Gasteiger partial charge in [-0.1, -0.05) is 41.9 Å².